The van der Waals surface area contributed by atoms with Gasteiger partial charge >= 0.3 is 0 Å². The molecule has 8 heteroatoms. The minimum absolute atomic E-state index is 0. The number of aliphatic imine (C=N–C) groups is 1. The summed E-state index contributed by atoms with van der Waals surface area (Å²) in [5, 5.41) is 11.7. The van der Waals surface area contributed by atoms with Crippen molar-refractivity contribution in [1.29, 1.82) is 0 Å². The van der Waals surface area contributed by atoms with Gasteiger partial charge in [0.25, 0.3) is 0 Å². The Morgan fingerprint density at radius 2 is 2.03 bits per heavy atom. The molecule has 0 amide bonds. The lowest BCUT2D eigenvalue weighted by molar-refractivity contribution is 0.380. The third-order valence-corrected chi connectivity index (χ3v) is 4.76. The Hall–Kier alpha value is -2.10. The van der Waals surface area contributed by atoms with Crippen LogP contribution in [0.25, 0.3) is 10.9 Å². The summed E-state index contributed by atoms with van der Waals surface area (Å²) in [6, 6.07) is 4.81. The van der Waals surface area contributed by atoms with Crippen molar-refractivity contribution in [1.82, 2.24) is 20.8 Å². The number of H-pyrrole nitrogens is 1. The van der Waals surface area contributed by atoms with Gasteiger partial charge in [-0.25, -0.2) is 9.38 Å². The number of rotatable bonds is 8. The van der Waals surface area contributed by atoms with Gasteiger partial charge in [-0.15, -0.1) is 24.0 Å². The molecule has 0 spiro atoms. The van der Waals surface area contributed by atoms with Crippen molar-refractivity contribution in [2.45, 2.75) is 46.6 Å². The third-order valence-electron chi connectivity index (χ3n) is 4.76. The molecule has 0 aliphatic heterocycles. The number of guanidine groups is 1. The number of aromatic amines is 1. The van der Waals surface area contributed by atoms with Gasteiger partial charge in [0.1, 0.15) is 11.6 Å². The Balaban J connectivity index is 0.00000300. The molecule has 6 nitrogen and oxygen atoms in total. The van der Waals surface area contributed by atoms with Crippen LogP contribution in [0.15, 0.2) is 33.9 Å². The van der Waals surface area contributed by atoms with E-state index in [2.05, 4.69) is 34.6 Å². The predicted molar refractivity (Wildman–Crippen MR) is 125 cm³/mol. The number of aryl methyl sites for hydroxylation is 2. The van der Waals surface area contributed by atoms with Gasteiger partial charge < -0.3 is 20.1 Å². The minimum atomic E-state index is -0.219. The maximum absolute atomic E-state index is 13.5. The zero-order valence-electron chi connectivity index (χ0n) is 17.1. The van der Waals surface area contributed by atoms with Gasteiger partial charge in [0, 0.05) is 42.2 Å². The molecule has 0 saturated carbocycles. The number of hydrogen-bond donors (Lipinski definition) is 3. The summed E-state index contributed by atoms with van der Waals surface area (Å²) < 4.78 is 18.9. The molecule has 3 rings (SSSR count). The molecule has 29 heavy (non-hydrogen) atoms. The molecule has 158 valence electrons. The number of hydrogen-bond acceptors (Lipinski definition) is 3. The van der Waals surface area contributed by atoms with E-state index in [1.165, 1.54) is 6.07 Å². The molecule has 0 aliphatic carbocycles. The van der Waals surface area contributed by atoms with Gasteiger partial charge in [-0.1, -0.05) is 19.0 Å². The summed E-state index contributed by atoms with van der Waals surface area (Å²) in [6.45, 7) is 8.16. The predicted octanol–water partition coefficient (Wildman–Crippen LogP) is 4.34. The zero-order chi connectivity index (χ0) is 19.9. The monoisotopic (exact) mass is 513 g/mol. The van der Waals surface area contributed by atoms with Crippen LogP contribution in [0, 0.1) is 5.82 Å². The maximum Gasteiger partial charge on any atom is 0.191 e. The first-order valence-corrected chi connectivity index (χ1v) is 9.90. The molecule has 0 aliphatic rings. The van der Waals surface area contributed by atoms with Crippen molar-refractivity contribution in [3.63, 3.8) is 0 Å². The normalized spacial score (nSPS) is 11.5. The number of halogens is 2. The van der Waals surface area contributed by atoms with E-state index in [4.69, 9.17) is 9.52 Å². The van der Waals surface area contributed by atoms with Crippen LogP contribution in [-0.2, 0) is 25.8 Å². The maximum atomic E-state index is 13.5. The molecular formula is C21H29FIN5O. The Morgan fingerprint density at radius 3 is 2.76 bits per heavy atom. The average molecular weight is 513 g/mol. The first-order valence-electron chi connectivity index (χ1n) is 9.90. The minimum Gasteiger partial charge on any atom is -0.361 e. The van der Waals surface area contributed by atoms with E-state index in [9.17, 15) is 4.39 Å². The van der Waals surface area contributed by atoms with Gasteiger partial charge in [0.2, 0.25) is 0 Å². The lowest BCUT2D eigenvalue weighted by atomic mass is 10.1. The molecule has 3 N–H and O–H groups in total. The molecule has 1 aromatic carbocycles. The van der Waals surface area contributed by atoms with Crippen molar-refractivity contribution < 1.29 is 8.91 Å². The molecule has 0 bridgehead atoms. The second kappa shape index (κ2) is 11.2. The topological polar surface area (TPSA) is 78.2 Å². The summed E-state index contributed by atoms with van der Waals surface area (Å²) in [4.78, 5) is 7.89. The van der Waals surface area contributed by atoms with Gasteiger partial charge in [0.05, 0.1) is 12.2 Å². The van der Waals surface area contributed by atoms with E-state index in [-0.39, 0.29) is 29.8 Å². The third kappa shape index (κ3) is 5.71. The summed E-state index contributed by atoms with van der Waals surface area (Å²) >= 11 is 0. The van der Waals surface area contributed by atoms with E-state index in [0.29, 0.717) is 13.1 Å². The van der Waals surface area contributed by atoms with E-state index >= 15 is 0 Å². The molecule has 3 aromatic rings. The van der Waals surface area contributed by atoms with Gasteiger partial charge in [-0.2, -0.15) is 0 Å². The fraction of sp³-hybridized carbons (Fsp3) is 0.429. The average Bonchev–Trinajstić information content (AvgIpc) is 3.29. The van der Waals surface area contributed by atoms with Crippen LogP contribution in [0.5, 0.6) is 0 Å². The molecule has 2 aromatic heterocycles. The summed E-state index contributed by atoms with van der Waals surface area (Å²) in [5.74, 6) is 1.43. The zero-order valence-corrected chi connectivity index (χ0v) is 19.5. The van der Waals surface area contributed by atoms with Crippen LogP contribution in [0.3, 0.4) is 0 Å². The van der Waals surface area contributed by atoms with E-state index in [1.807, 2.05) is 13.1 Å². The van der Waals surface area contributed by atoms with Crippen LogP contribution in [-0.4, -0.2) is 29.2 Å². The van der Waals surface area contributed by atoms with Crippen LogP contribution in [0.1, 0.15) is 43.4 Å². The van der Waals surface area contributed by atoms with Crippen molar-refractivity contribution in [2.24, 2.45) is 4.99 Å². The number of fused-ring (bicyclic) bond motifs is 1. The number of aromatic nitrogens is 2. The van der Waals surface area contributed by atoms with Crippen molar-refractivity contribution in [2.75, 3.05) is 13.1 Å². The fourth-order valence-corrected chi connectivity index (χ4v) is 3.29. The molecule has 0 saturated heterocycles. The van der Waals surface area contributed by atoms with Crippen LogP contribution in [0.2, 0.25) is 0 Å². The lowest BCUT2D eigenvalue weighted by Crippen LogP contribution is -2.38. The quantitative estimate of drug-likeness (QED) is 0.238. The fourth-order valence-electron chi connectivity index (χ4n) is 3.29. The van der Waals surface area contributed by atoms with Crippen LogP contribution < -0.4 is 10.6 Å². The van der Waals surface area contributed by atoms with E-state index < -0.39 is 0 Å². The highest BCUT2D eigenvalue weighted by atomic mass is 127. The van der Waals surface area contributed by atoms with Gasteiger partial charge in [-0.3, -0.25) is 0 Å². The van der Waals surface area contributed by atoms with Crippen LogP contribution in [0.4, 0.5) is 4.39 Å². The van der Waals surface area contributed by atoms with Gasteiger partial charge in [0.15, 0.2) is 5.96 Å². The highest BCUT2D eigenvalue weighted by molar-refractivity contribution is 14.0. The summed E-state index contributed by atoms with van der Waals surface area (Å²) in [5.41, 5.74) is 4.08. The number of nitrogens with zero attached hydrogens (tertiary/aromatic N) is 2. The first kappa shape index (κ1) is 23.2. The van der Waals surface area contributed by atoms with Gasteiger partial charge in [-0.05, 0) is 43.5 Å². The smallest absolute Gasteiger partial charge is 0.191 e. The molecule has 0 radical (unpaired) electrons. The summed E-state index contributed by atoms with van der Waals surface area (Å²) in [6.07, 6.45) is 4.34. The summed E-state index contributed by atoms with van der Waals surface area (Å²) in [7, 11) is 0. The van der Waals surface area contributed by atoms with Crippen molar-refractivity contribution in [3.05, 3.63) is 52.8 Å². The highest BCUT2D eigenvalue weighted by Crippen LogP contribution is 2.20. The number of nitrogens with one attached hydrogen (secondary N) is 3. The molecule has 2 heterocycles. The highest BCUT2D eigenvalue weighted by Gasteiger charge is 2.13. The number of benzene rings is 1. The largest absolute Gasteiger partial charge is 0.361 e. The van der Waals surface area contributed by atoms with Crippen molar-refractivity contribution >= 4 is 40.8 Å². The molecular weight excluding hydrogens is 484 g/mol. The standard InChI is InChI=1S/C21H28FN5O.HI/c1-4-18-17(20(5-2)28-27-18)13-26-21(23-6-3)24-10-9-14-12-25-19-8-7-15(22)11-16(14)19;/h7-8,11-12,25H,4-6,9-10,13H2,1-3H3,(H2,23,24,26);1H. The Bertz CT molecular complexity index is 928. The first-order chi connectivity index (χ1) is 13.7. The van der Waals surface area contributed by atoms with Crippen LogP contribution >= 0.6 is 24.0 Å². The Morgan fingerprint density at radius 1 is 1.21 bits per heavy atom. The Labute approximate surface area is 187 Å². The lowest BCUT2D eigenvalue weighted by Gasteiger charge is -2.11. The Kier molecular flexibility index (Phi) is 8.94. The van der Waals surface area contributed by atoms with Crippen molar-refractivity contribution in [3.8, 4) is 0 Å². The second-order valence-corrected chi connectivity index (χ2v) is 6.61. The molecule has 0 unspecified atom stereocenters. The van der Waals surface area contributed by atoms with E-state index in [1.54, 1.807) is 12.1 Å². The van der Waals surface area contributed by atoms with E-state index in [0.717, 1.165) is 65.3 Å². The molecule has 0 atom stereocenters. The molecule has 0 fully saturated rings. The SMILES string of the molecule is CCNC(=NCc1c(CC)noc1CC)NCCc1c[nH]c2ccc(F)cc12.I. The second-order valence-electron chi connectivity index (χ2n) is 6.61.